The lowest BCUT2D eigenvalue weighted by molar-refractivity contribution is 0.244. The number of ether oxygens (including phenoxy) is 1. The van der Waals surface area contributed by atoms with Crippen molar-refractivity contribution in [2.75, 3.05) is 18.5 Å². The molecule has 4 aromatic rings. The molecule has 0 saturated carbocycles. The first-order chi connectivity index (χ1) is 18.5. The number of nitrogens with zero attached hydrogens (tertiary/aromatic N) is 4. The molecule has 0 bridgehead atoms. The van der Waals surface area contributed by atoms with E-state index in [4.69, 9.17) is 25.5 Å². The monoisotopic (exact) mass is 509 g/mol. The van der Waals surface area contributed by atoms with Gasteiger partial charge in [0.2, 0.25) is 11.8 Å². The van der Waals surface area contributed by atoms with Crippen molar-refractivity contribution in [3.8, 4) is 22.6 Å². The Morgan fingerprint density at radius 1 is 1.08 bits per heavy atom. The minimum Gasteiger partial charge on any atom is -0.476 e. The Kier molecular flexibility index (Phi) is 7.35. The Labute approximate surface area is 220 Å². The molecule has 192 valence electrons. The summed E-state index contributed by atoms with van der Waals surface area (Å²) in [6, 6.07) is 17.4. The number of hydrogen-bond acceptors (Lipinski definition) is 7. The number of anilines is 1. The maximum Gasteiger partial charge on any atom is 0.223 e. The van der Waals surface area contributed by atoms with E-state index in [0.717, 1.165) is 41.2 Å². The summed E-state index contributed by atoms with van der Waals surface area (Å²) in [5.74, 6) is 1.08. The average molecular weight is 510 g/mol. The first-order valence-corrected chi connectivity index (χ1v) is 12.5. The molecule has 38 heavy (non-hydrogen) atoms. The lowest BCUT2D eigenvalue weighted by Gasteiger charge is -2.18. The van der Waals surface area contributed by atoms with E-state index in [1.807, 2.05) is 43.3 Å². The zero-order chi connectivity index (χ0) is 26.5. The summed E-state index contributed by atoms with van der Waals surface area (Å²) < 4.78 is 21.6. The molecule has 5 rings (SSSR count). The third kappa shape index (κ3) is 5.36. The molecule has 3 heterocycles. The molecule has 2 aromatic heterocycles. The van der Waals surface area contributed by atoms with E-state index < -0.39 is 0 Å². The zero-order valence-electron chi connectivity index (χ0n) is 21.0. The van der Waals surface area contributed by atoms with Crippen molar-refractivity contribution >= 4 is 17.6 Å². The second-order valence-corrected chi connectivity index (χ2v) is 8.88. The summed E-state index contributed by atoms with van der Waals surface area (Å²) in [5, 5.41) is 19.6. The van der Waals surface area contributed by atoms with Gasteiger partial charge in [-0.05, 0) is 55.3 Å². The summed E-state index contributed by atoms with van der Waals surface area (Å²) in [6.07, 6.45) is 6.32. The van der Waals surface area contributed by atoms with Crippen LogP contribution < -0.4 is 5.32 Å². The molecular weight excluding hydrogens is 481 g/mol. The molecule has 0 aliphatic carbocycles. The van der Waals surface area contributed by atoms with Gasteiger partial charge in [-0.1, -0.05) is 30.3 Å². The van der Waals surface area contributed by atoms with E-state index in [1.54, 1.807) is 24.4 Å². The third-order valence-corrected chi connectivity index (χ3v) is 6.32. The van der Waals surface area contributed by atoms with Gasteiger partial charge in [0.1, 0.15) is 18.2 Å². The quantitative estimate of drug-likeness (QED) is 0.198. The summed E-state index contributed by atoms with van der Waals surface area (Å²) in [7, 11) is 0. The zero-order valence-corrected chi connectivity index (χ0v) is 21.0. The van der Waals surface area contributed by atoms with E-state index in [9.17, 15) is 4.39 Å². The maximum absolute atomic E-state index is 13.7. The molecule has 3 N–H and O–H groups in total. The topological polar surface area (TPSA) is 113 Å². The lowest BCUT2D eigenvalue weighted by atomic mass is 10.1. The normalized spacial score (nSPS) is 14.4. The summed E-state index contributed by atoms with van der Waals surface area (Å²) in [4.78, 5) is 13.9. The maximum atomic E-state index is 13.7. The van der Waals surface area contributed by atoms with Gasteiger partial charge in [-0.25, -0.2) is 19.3 Å². The molecule has 0 amide bonds. The first-order valence-electron chi connectivity index (χ1n) is 12.5. The average Bonchev–Trinajstić information content (AvgIpc) is 3.51. The van der Waals surface area contributed by atoms with Gasteiger partial charge in [-0.15, -0.1) is 0 Å². The molecule has 1 aliphatic heterocycles. The van der Waals surface area contributed by atoms with Gasteiger partial charge in [-0.2, -0.15) is 0 Å². The predicted octanol–water partition coefficient (Wildman–Crippen LogP) is 5.68. The molecule has 1 aliphatic rings. The Morgan fingerprint density at radius 3 is 2.63 bits per heavy atom. The fraction of sp³-hybridized carbons (Fsp3) is 0.207. The van der Waals surface area contributed by atoms with Crippen molar-refractivity contribution in [1.29, 1.82) is 10.8 Å². The van der Waals surface area contributed by atoms with Crippen LogP contribution in [0.15, 0.2) is 79.0 Å². The number of fused-ring (bicyclic) bond motifs is 1. The van der Waals surface area contributed by atoms with Crippen molar-refractivity contribution in [2.45, 2.75) is 25.8 Å². The number of halogens is 1. The van der Waals surface area contributed by atoms with Crippen molar-refractivity contribution in [3.05, 3.63) is 96.2 Å². The summed E-state index contributed by atoms with van der Waals surface area (Å²) in [6.45, 7) is 2.94. The molecule has 1 unspecified atom stereocenters. The van der Waals surface area contributed by atoms with Crippen molar-refractivity contribution in [3.63, 3.8) is 0 Å². The summed E-state index contributed by atoms with van der Waals surface area (Å²) in [5.41, 5.74) is 4.11. The molecule has 8 nitrogen and oxygen atoms in total. The highest BCUT2D eigenvalue weighted by Crippen LogP contribution is 2.39. The van der Waals surface area contributed by atoms with Crippen molar-refractivity contribution in [2.24, 2.45) is 0 Å². The van der Waals surface area contributed by atoms with Crippen LogP contribution >= 0.6 is 0 Å². The fourth-order valence-electron chi connectivity index (χ4n) is 4.53. The van der Waals surface area contributed by atoms with Crippen LogP contribution in [0.25, 0.3) is 22.6 Å². The molecule has 9 heteroatoms. The Bertz CT molecular complexity index is 1480. The second kappa shape index (κ2) is 11.2. The number of hydrogen-bond donors (Lipinski definition) is 3. The van der Waals surface area contributed by atoms with Crippen LogP contribution in [0.3, 0.4) is 0 Å². The smallest absolute Gasteiger partial charge is 0.223 e. The fourth-order valence-corrected chi connectivity index (χ4v) is 4.53. The van der Waals surface area contributed by atoms with E-state index >= 15 is 0 Å². The SMILES string of the molecule is CCNc1nccc(-c2c(-c3ccc(F)cc3)nc3n2C(COC(=N)/C=C\C(=N)c2ccccc2)CC3)n1. The number of imidazole rings is 1. The molecule has 0 saturated heterocycles. The van der Waals surface area contributed by atoms with Gasteiger partial charge < -0.3 is 20.0 Å². The van der Waals surface area contributed by atoms with Crippen LogP contribution in [-0.4, -0.2) is 44.3 Å². The molecule has 2 aromatic carbocycles. The number of allylic oxidation sites excluding steroid dienone is 1. The second-order valence-electron chi connectivity index (χ2n) is 8.88. The van der Waals surface area contributed by atoms with Crippen LogP contribution in [0.1, 0.15) is 30.8 Å². The highest BCUT2D eigenvalue weighted by Gasteiger charge is 2.31. The van der Waals surface area contributed by atoms with Gasteiger partial charge in [0, 0.05) is 30.8 Å². The highest BCUT2D eigenvalue weighted by molar-refractivity contribution is 6.08. The largest absolute Gasteiger partial charge is 0.476 e. The van der Waals surface area contributed by atoms with Crippen LogP contribution in [0.5, 0.6) is 0 Å². The van der Waals surface area contributed by atoms with Gasteiger partial charge in [0.05, 0.1) is 28.8 Å². The summed E-state index contributed by atoms with van der Waals surface area (Å²) >= 11 is 0. The molecule has 0 fully saturated rings. The Balaban J connectivity index is 1.41. The van der Waals surface area contributed by atoms with Gasteiger partial charge in [-0.3, -0.25) is 5.41 Å². The van der Waals surface area contributed by atoms with Gasteiger partial charge in [0.15, 0.2) is 0 Å². The third-order valence-electron chi connectivity index (χ3n) is 6.32. The predicted molar refractivity (Wildman–Crippen MR) is 146 cm³/mol. The molecule has 1 atom stereocenters. The van der Waals surface area contributed by atoms with E-state index in [-0.39, 0.29) is 24.4 Å². The van der Waals surface area contributed by atoms with E-state index in [1.165, 1.54) is 18.2 Å². The standard InChI is InChI=1S/C29H28FN7O/c1-2-33-29-34-17-16-24(35-29)28-27(20-8-10-21(30)11-9-20)36-26-15-12-22(37(26)28)18-38-25(32)14-13-23(31)19-6-4-3-5-7-19/h3-11,13-14,16-17,22,31-32H,2,12,15,18H2,1H3,(H,33,34,35)/b14-13-,31-23?,32-25?. The molecular formula is C29H28FN7O. The lowest BCUT2D eigenvalue weighted by Crippen LogP contribution is -2.15. The van der Waals surface area contributed by atoms with Crippen molar-refractivity contribution in [1.82, 2.24) is 19.5 Å². The minimum absolute atomic E-state index is 0.0176. The van der Waals surface area contributed by atoms with Crippen LogP contribution in [-0.2, 0) is 11.2 Å². The number of aryl methyl sites for hydroxylation is 1. The molecule has 0 radical (unpaired) electrons. The van der Waals surface area contributed by atoms with Gasteiger partial charge >= 0.3 is 0 Å². The highest BCUT2D eigenvalue weighted by atomic mass is 19.1. The van der Waals surface area contributed by atoms with E-state index in [0.29, 0.717) is 23.9 Å². The Hall–Kier alpha value is -4.66. The van der Waals surface area contributed by atoms with Crippen LogP contribution in [0.2, 0.25) is 0 Å². The molecule has 0 spiro atoms. The van der Waals surface area contributed by atoms with Crippen LogP contribution in [0, 0.1) is 16.6 Å². The number of benzene rings is 2. The minimum atomic E-state index is -0.309. The number of nitrogens with one attached hydrogen (secondary N) is 3. The van der Waals surface area contributed by atoms with Gasteiger partial charge in [0.25, 0.3) is 0 Å². The number of aromatic nitrogens is 4. The number of rotatable bonds is 9. The van der Waals surface area contributed by atoms with E-state index in [2.05, 4.69) is 14.9 Å². The van der Waals surface area contributed by atoms with Crippen LogP contribution in [0.4, 0.5) is 10.3 Å². The Morgan fingerprint density at radius 2 is 1.87 bits per heavy atom. The first kappa shape index (κ1) is 25.0. The van der Waals surface area contributed by atoms with Crippen molar-refractivity contribution < 1.29 is 9.13 Å².